The molecule has 1 rings (SSSR count). The second-order valence-electron chi connectivity index (χ2n) is 6.92. The summed E-state index contributed by atoms with van der Waals surface area (Å²) in [5.74, 6) is 0. The van der Waals surface area contributed by atoms with Gasteiger partial charge in [0.05, 0.1) is 12.3 Å². The van der Waals surface area contributed by atoms with E-state index >= 15 is 0 Å². The summed E-state index contributed by atoms with van der Waals surface area (Å²) in [5, 5.41) is 21.2. The van der Waals surface area contributed by atoms with Crippen molar-refractivity contribution in [3.63, 3.8) is 0 Å². The number of aliphatic hydroxyl groups is 1. The molecule has 0 bridgehead atoms. The second-order valence-corrected chi connectivity index (χ2v) is 6.92. The van der Waals surface area contributed by atoms with Crippen molar-refractivity contribution in [1.29, 1.82) is 0 Å². The molecule has 3 heteroatoms. The van der Waals surface area contributed by atoms with Crippen LogP contribution in [0.5, 0.6) is 0 Å². The van der Waals surface area contributed by atoms with Crippen LogP contribution in [0, 0.1) is 5.41 Å². The minimum absolute atomic E-state index is 0.0112. The first-order chi connectivity index (χ1) is 10.8. The molecule has 1 aliphatic rings. The molecule has 1 aliphatic carbocycles. The molecule has 1 atom stereocenters. The monoisotopic (exact) mass is 315 g/mol. The summed E-state index contributed by atoms with van der Waals surface area (Å²) in [6.07, 6.45) is 14.7. The zero-order chi connectivity index (χ0) is 17.5. The predicted octanol–water partition coefficient (Wildman–Crippen LogP) is 4.95. The van der Waals surface area contributed by atoms with E-state index in [4.69, 9.17) is 5.21 Å². The van der Waals surface area contributed by atoms with Gasteiger partial charge in [-0.3, -0.25) is 0 Å². The number of hydrogen-bond acceptors (Lipinski definition) is 3. The van der Waals surface area contributed by atoms with Crippen LogP contribution in [-0.4, -0.2) is 22.6 Å². The Hall–Kier alpha value is -1.87. The van der Waals surface area contributed by atoms with Crippen LogP contribution in [0.4, 0.5) is 0 Å². The SMILES string of the molecule is CC1=C(/C=C/C(C)=C/C=C/C(C)=C\C=N\O)C(C)(C)CC(O)C1. The van der Waals surface area contributed by atoms with Crippen LogP contribution in [0.1, 0.15) is 47.5 Å². The quantitative estimate of drug-likeness (QED) is 0.326. The van der Waals surface area contributed by atoms with E-state index in [9.17, 15) is 5.11 Å². The van der Waals surface area contributed by atoms with Gasteiger partial charge in [0.2, 0.25) is 0 Å². The predicted molar refractivity (Wildman–Crippen MR) is 97.8 cm³/mol. The zero-order valence-electron chi connectivity index (χ0n) is 14.9. The minimum Gasteiger partial charge on any atom is -0.411 e. The Morgan fingerprint density at radius 2 is 1.83 bits per heavy atom. The van der Waals surface area contributed by atoms with E-state index in [-0.39, 0.29) is 11.5 Å². The highest BCUT2D eigenvalue weighted by molar-refractivity contribution is 5.72. The fraction of sp³-hybridized carbons (Fsp3) is 0.450. The Labute approximate surface area is 140 Å². The van der Waals surface area contributed by atoms with Gasteiger partial charge >= 0.3 is 0 Å². The first-order valence-corrected chi connectivity index (χ1v) is 8.02. The van der Waals surface area contributed by atoms with Crippen molar-refractivity contribution in [3.05, 3.63) is 58.7 Å². The van der Waals surface area contributed by atoms with E-state index < -0.39 is 0 Å². The first-order valence-electron chi connectivity index (χ1n) is 8.02. The van der Waals surface area contributed by atoms with E-state index in [0.29, 0.717) is 0 Å². The number of aliphatic hydroxyl groups excluding tert-OH is 1. The van der Waals surface area contributed by atoms with Gasteiger partial charge in [0.25, 0.3) is 0 Å². The van der Waals surface area contributed by atoms with Gasteiger partial charge in [-0.05, 0) is 56.3 Å². The third-order valence-corrected chi connectivity index (χ3v) is 4.11. The van der Waals surface area contributed by atoms with E-state index in [0.717, 1.165) is 24.0 Å². The molecule has 0 spiro atoms. The van der Waals surface area contributed by atoms with Gasteiger partial charge in [0.1, 0.15) is 0 Å². The summed E-state index contributed by atoms with van der Waals surface area (Å²) in [7, 11) is 0. The highest BCUT2D eigenvalue weighted by Crippen LogP contribution is 2.40. The fourth-order valence-electron chi connectivity index (χ4n) is 3.01. The van der Waals surface area contributed by atoms with Gasteiger partial charge in [0.15, 0.2) is 0 Å². The van der Waals surface area contributed by atoms with Crippen LogP contribution in [0.25, 0.3) is 0 Å². The van der Waals surface area contributed by atoms with Crippen LogP contribution in [0.15, 0.2) is 63.9 Å². The van der Waals surface area contributed by atoms with Crippen molar-refractivity contribution in [3.8, 4) is 0 Å². The average molecular weight is 315 g/mol. The molecule has 0 radical (unpaired) electrons. The van der Waals surface area contributed by atoms with E-state index in [2.05, 4.69) is 45.0 Å². The van der Waals surface area contributed by atoms with Crippen LogP contribution in [0.3, 0.4) is 0 Å². The van der Waals surface area contributed by atoms with Gasteiger partial charge in [-0.2, -0.15) is 0 Å². The minimum atomic E-state index is -0.223. The maximum absolute atomic E-state index is 9.93. The zero-order valence-corrected chi connectivity index (χ0v) is 14.9. The molecular weight excluding hydrogens is 286 g/mol. The van der Waals surface area contributed by atoms with E-state index in [1.807, 2.05) is 25.2 Å². The standard InChI is InChI=1S/C20H29NO2/c1-15(7-6-8-16(2)11-12-21-23)9-10-19-17(3)13-18(22)14-20(19,4)5/h6-12,18,22-23H,13-14H2,1-5H3/b8-6+,10-9+,15-7+,16-11-,21-12+. The molecule has 0 fully saturated rings. The third kappa shape index (κ3) is 6.41. The van der Waals surface area contributed by atoms with Crippen molar-refractivity contribution < 1.29 is 10.3 Å². The molecule has 0 aliphatic heterocycles. The Bertz CT molecular complexity index is 587. The molecule has 0 amide bonds. The molecule has 126 valence electrons. The Balaban J connectivity index is 2.82. The lowest BCUT2D eigenvalue weighted by molar-refractivity contribution is 0.116. The van der Waals surface area contributed by atoms with Crippen LogP contribution >= 0.6 is 0 Å². The van der Waals surface area contributed by atoms with Crippen LogP contribution in [0.2, 0.25) is 0 Å². The molecule has 0 saturated carbocycles. The van der Waals surface area contributed by atoms with Crippen molar-refractivity contribution in [2.75, 3.05) is 0 Å². The molecule has 0 heterocycles. The summed E-state index contributed by atoms with van der Waals surface area (Å²) in [6, 6.07) is 0. The fourth-order valence-corrected chi connectivity index (χ4v) is 3.01. The molecule has 0 aromatic heterocycles. The number of oxime groups is 1. The van der Waals surface area contributed by atoms with Gasteiger partial charge < -0.3 is 10.3 Å². The van der Waals surface area contributed by atoms with Gasteiger partial charge in [0, 0.05) is 0 Å². The number of hydrogen-bond donors (Lipinski definition) is 2. The molecule has 0 aromatic carbocycles. The number of rotatable bonds is 5. The van der Waals surface area contributed by atoms with Crippen molar-refractivity contribution >= 4 is 6.21 Å². The lowest BCUT2D eigenvalue weighted by atomic mass is 9.71. The summed E-state index contributed by atoms with van der Waals surface area (Å²) < 4.78 is 0. The summed E-state index contributed by atoms with van der Waals surface area (Å²) >= 11 is 0. The molecule has 3 nitrogen and oxygen atoms in total. The summed E-state index contributed by atoms with van der Waals surface area (Å²) in [4.78, 5) is 0. The van der Waals surface area contributed by atoms with Crippen molar-refractivity contribution in [1.82, 2.24) is 0 Å². The maximum Gasteiger partial charge on any atom is 0.0664 e. The highest BCUT2D eigenvalue weighted by Gasteiger charge is 2.31. The van der Waals surface area contributed by atoms with Crippen molar-refractivity contribution in [2.45, 2.75) is 53.6 Å². The van der Waals surface area contributed by atoms with Crippen LogP contribution in [-0.2, 0) is 0 Å². The Morgan fingerprint density at radius 3 is 2.43 bits per heavy atom. The molecule has 2 N–H and O–H groups in total. The number of allylic oxidation sites excluding steroid dienone is 9. The topological polar surface area (TPSA) is 52.8 Å². The molecular formula is C20H29NO2. The smallest absolute Gasteiger partial charge is 0.0664 e. The Morgan fingerprint density at radius 1 is 1.17 bits per heavy atom. The van der Waals surface area contributed by atoms with E-state index in [1.165, 1.54) is 17.4 Å². The third-order valence-electron chi connectivity index (χ3n) is 4.11. The van der Waals surface area contributed by atoms with Crippen LogP contribution < -0.4 is 0 Å². The average Bonchev–Trinajstić information content (AvgIpc) is 2.43. The molecule has 0 saturated heterocycles. The summed E-state index contributed by atoms with van der Waals surface area (Å²) in [6.45, 7) is 10.5. The normalized spacial score (nSPS) is 23.7. The van der Waals surface area contributed by atoms with E-state index in [1.54, 1.807) is 6.08 Å². The van der Waals surface area contributed by atoms with Gasteiger partial charge in [-0.1, -0.05) is 60.5 Å². The lowest BCUT2D eigenvalue weighted by Gasteiger charge is -2.35. The van der Waals surface area contributed by atoms with Crippen molar-refractivity contribution in [2.24, 2.45) is 10.6 Å². The molecule has 0 aromatic rings. The molecule has 23 heavy (non-hydrogen) atoms. The van der Waals surface area contributed by atoms with Gasteiger partial charge in [-0.15, -0.1) is 0 Å². The van der Waals surface area contributed by atoms with Gasteiger partial charge in [-0.25, -0.2) is 0 Å². The second kappa shape index (κ2) is 8.68. The maximum atomic E-state index is 9.93. The highest BCUT2D eigenvalue weighted by atomic mass is 16.4. The lowest BCUT2D eigenvalue weighted by Crippen LogP contribution is -2.28. The molecule has 1 unspecified atom stereocenters. The largest absolute Gasteiger partial charge is 0.411 e. The number of nitrogens with zero attached hydrogens (tertiary/aromatic N) is 1. The Kier molecular flexibility index (Phi) is 7.24. The first kappa shape index (κ1) is 19.2. The summed E-state index contributed by atoms with van der Waals surface area (Å²) in [5.41, 5.74) is 4.78.